The molecule has 12 heteroatoms. The van der Waals surface area contributed by atoms with Gasteiger partial charge in [-0.1, -0.05) is 12.0 Å². The number of terminal acetylenes is 1. The van der Waals surface area contributed by atoms with Crippen molar-refractivity contribution in [1.29, 1.82) is 0 Å². The summed E-state index contributed by atoms with van der Waals surface area (Å²) in [6.07, 6.45) is 7.41. The third kappa shape index (κ3) is 4.43. The van der Waals surface area contributed by atoms with Crippen LogP contribution in [0.5, 0.6) is 17.6 Å². The molecule has 6 heterocycles. The van der Waals surface area contributed by atoms with Crippen molar-refractivity contribution in [3.8, 4) is 41.2 Å². The number of likely N-dealkylation sites (N-methyl/N-ethyl adjacent to an activating group) is 1. The summed E-state index contributed by atoms with van der Waals surface area (Å²) < 4.78 is 65.1. The van der Waals surface area contributed by atoms with E-state index in [-0.39, 0.29) is 70.0 Å². The highest BCUT2D eigenvalue weighted by atomic mass is 19.1. The van der Waals surface area contributed by atoms with Gasteiger partial charge in [-0.2, -0.15) is 9.97 Å². The Morgan fingerprint density at radius 3 is 2.85 bits per heavy atom. The molecule has 8 rings (SSSR count). The van der Waals surface area contributed by atoms with E-state index in [0.29, 0.717) is 37.2 Å². The monoisotopic (exact) mass is 631 g/mol. The van der Waals surface area contributed by atoms with Crippen molar-refractivity contribution < 1.29 is 32.5 Å². The van der Waals surface area contributed by atoms with Crippen LogP contribution in [0, 0.1) is 24.0 Å². The molecule has 4 aromatic rings. The maximum absolute atomic E-state index is 17.0. The van der Waals surface area contributed by atoms with E-state index in [1.54, 1.807) is 0 Å². The Morgan fingerprint density at radius 1 is 1.17 bits per heavy atom. The number of anilines is 1. The first-order valence-electron chi connectivity index (χ1n) is 15.4. The SMILES string of the molecule is C#Cc1c(F)ccc2cc(O)cc(-c3nc4c5c(nc(OC[C@@]67CCCN6C[C@H](F)C7)nc5c3F)N(C)C3COCC(C)(C3)O4)c12. The van der Waals surface area contributed by atoms with E-state index < -0.39 is 28.9 Å². The number of halogens is 3. The molecule has 0 aliphatic carbocycles. The minimum absolute atomic E-state index is 0.0537. The van der Waals surface area contributed by atoms with Crippen LogP contribution in [0.2, 0.25) is 0 Å². The van der Waals surface area contributed by atoms with Crippen LogP contribution in [-0.2, 0) is 4.74 Å². The van der Waals surface area contributed by atoms with Crippen LogP contribution in [0.15, 0.2) is 24.3 Å². The van der Waals surface area contributed by atoms with E-state index in [1.165, 1.54) is 24.3 Å². The van der Waals surface area contributed by atoms with Crippen molar-refractivity contribution in [2.24, 2.45) is 0 Å². The van der Waals surface area contributed by atoms with Gasteiger partial charge in [0.1, 0.15) is 52.4 Å². The molecule has 0 amide bonds. The Hall–Kier alpha value is -4.34. The van der Waals surface area contributed by atoms with E-state index in [0.717, 1.165) is 19.4 Å². The lowest BCUT2D eigenvalue weighted by Gasteiger charge is -2.43. The number of phenolic OH excluding ortho intramolecular Hbond substituents is 1. The molecule has 9 nitrogen and oxygen atoms in total. The van der Waals surface area contributed by atoms with E-state index in [4.69, 9.17) is 25.6 Å². The van der Waals surface area contributed by atoms with Crippen molar-refractivity contribution in [3.05, 3.63) is 41.5 Å². The quantitative estimate of drug-likeness (QED) is 0.308. The Bertz CT molecular complexity index is 1970. The predicted octanol–water partition coefficient (Wildman–Crippen LogP) is 5.14. The molecule has 3 fully saturated rings. The average molecular weight is 632 g/mol. The topological polar surface area (TPSA) is 93.1 Å². The number of aromatic nitrogens is 3. The van der Waals surface area contributed by atoms with Gasteiger partial charge < -0.3 is 24.2 Å². The number of pyridine rings is 1. The summed E-state index contributed by atoms with van der Waals surface area (Å²) in [6, 6.07) is 5.15. The lowest BCUT2D eigenvalue weighted by molar-refractivity contribution is -0.0678. The van der Waals surface area contributed by atoms with Gasteiger partial charge in [-0.3, -0.25) is 4.90 Å². The largest absolute Gasteiger partial charge is 0.508 e. The number of nitrogens with zero attached hydrogens (tertiary/aromatic N) is 5. The number of benzene rings is 2. The number of hydrogen-bond acceptors (Lipinski definition) is 9. The minimum atomic E-state index is -0.942. The number of phenols is 1. The van der Waals surface area contributed by atoms with Crippen LogP contribution < -0.4 is 14.4 Å². The Kier molecular flexibility index (Phi) is 6.54. The molecule has 2 bridgehead atoms. The van der Waals surface area contributed by atoms with Gasteiger partial charge in [-0.25, -0.2) is 18.2 Å². The highest BCUT2D eigenvalue weighted by Gasteiger charge is 2.49. The molecule has 1 N–H and O–H groups in total. The molecule has 2 aromatic heterocycles. The van der Waals surface area contributed by atoms with Crippen LogP contribution in [0.1, 0.15) is 38.2 Å². The number of ether oxygens (including phenoxy) is 3. The first-order chi connectivity index (χ1) is 22.1. The van der Waals surface area contributed by atoms with Gasteiger partial charge >= 0.3 is 6.01 Å². The fourth-order valence-electron chi connectivity index (χ4n) is 7.83. The predicted molar refractivity (Wildman–Crippen MR) is 165 cm³/mol. The standard InChI is InChI=1S/C34H32F3N5O4/c1-4-22-24(36)7-6-18-10-21(43)11-23(25(18)22)28-27(37)29-26-30(41(3)20-13-33(2,16-44-15-20)46-31(26)38-28)40-32(39-29)45-17-34-8-5-9-42(34)14-19(35)12-34/h1,6-7,10-11,19-20,43H,5,8-9,12-17H2,2-3H3/t19-,20?,33?,34+/m1/s1. The molecule has 238 valence electrons. The average Bonchev–Trinajstić information content (AvgIpc) is 3.55. The Labute approximate surface area is 263 Å². The summed E-state index contributed by atoms with van der Waals surface area (Å²) in [6.45, 7) is 3.89. The molecule has 2 unspecified atom stereocenters. The maximum atomic E-state index is 17.0. The molecule has 4 atom stereocenters. The van der Waals surface area contributed by atoms with E-state index in [1.807, 2.05) is 18.9 Å². The first-order valence-corrected chi connectivity index (χ1v) is 15.4. The van der Waals surface area contributed by atoms with E-state index >= 15 is 4.39 Å². The molecule has 4 aliphatic rings. The zero-order chi connectivity index (χ0) is 32.0. The van der Waals surface area contributed by atoms with Crippen LogP contribution in [0.4, 0.5) is 19.0 Å². The Morgan fingerprint density at radius 2 is 2.02 bits per heavy atom. The van der Waals surface area contributed by atoms with E-state index in [2.05, 4.69) is 20.8 Å². The zero-order valence-corrected chi connectivity index (χ0v) is 25.4. The van der Waals surface area contributed by atoms with Crippen LogP contribution >= 0.6 is 0 Å². The molecular weight excluding hydrogens is 599 g/mol. The molecular formula is C34H32F3N5O4. The second kappa shape index (κ2) is 10.3. The lowest BCUT2D eigenvalue weighted by atomic mass is 9.93. The summed E-state index contributed by atoms with van der Waals surface area (Å²) in [5.41, 5.74) is -1.67. The molecule has 0 radical (unpaired) electrons. The number of rotatable bonds is 4. The zero-order valence-electron chi connectivity index (χ0n) is 25.4. The maximum Gasteiger partial charge on any atom is 0.319 e. The van der Waals surface area contributed by atoms with Gasteiger partial charge in [0.15, 0.2) is 5.82 Å². The van der Waals surface area contributed by atoms with Crippen LogP contribution in [-0.4, -0.2) is 88.3 Å². The van der Waals surface area contributed by atoms with Gasteiger partial charge in [0.2, 0.25) is 5.88 Å². The number of aromatic hydroxyl groups is 1. The third-order valence-corrected chi connectivity index (χ3v) is 10.0. The molecule has 0 saturated carbocycles. The number of alkyl halides is 1. The normalized spacial score (nSPS) is 27.3. The fraction of sp³-hybridized carbons (Fsp3) is 0.441. The van der Waals surface area contributed by atoms with Gasteiger partial charge in [-0.15, -0.1) is 6.42 Å². The number of hydrogen-bond donors (Lipinski definition) is 1. The van der Waals surface area contributed by atoms with E-state index in [9.17, 15) is 13.9 Å². The summed E-state index contributed by atoms with van der Waals surface area (Å²) in [7, 11) is 1.85. The van der Waals surface area contributed by atoms with Gasteiger partial charge in [-0.05, 0) is 49.9 Å². The summed E-state index contributed by atoms with van der Waals surface area (Å²) >= 11 is 0. The third-order valence-electron chi connectivity index (χ3n) is 10.0. The smallest absolute Gasteiger partial charge is 0.319 e. The summed E-state index contributed by atoms with van der Waals surface area (Å²) in [5.74, 6) is 1.06. The first kappa shape index (κ1) is 29.1. The van der Waals surface area contributed by atoms with Crippen molar-refractivity contribution >= 4 is 27.5 Å². The van der Waals surface area contributed by atoms with Crippen molar-refractivity contribution in [2.75, 3.05) is 44.9 Å². The lowest BCUT2D eigenvalue weighted by Crippen LogP contribution is -2.53. The summed E-state index contributed by atoms with van der Waals surface area (Å²) in [5, 5.41) is 11.5. The highest BCUT2D eigenvalue weighted by molar-refractivity contribution is 6.04. The Balaban J connectivity index is 1.36. The molecule has 0 spiro atoms. The van der Waals surface area contributed by atoms with Crippen molar-refractivity contribution in [2.45, 2.75) is 56.0 Å². The summed E-state index contributed by atoms with van der Waals surface area (Å²) in [4.78, 5) is 18.0. The molecule has 3 saturated heterocycles. The van der Waals surface area contributed by atoms with Crippen LogP contribution in [0.3, 0.4) is 0 Å². The highest BCUT2D eigenvalue weighted by Crippen LogP contribution is 2.46. The fourth-order valence-corrected chi connectivity index (χ4v) is 7.83. The molecule has 4 aliphatic heterocycles. The van der Waals surface area contributed by atoms with Gasteiger partial charge in [0.25, 0.3) is 0 Å². The molecule has 46 heavy (non-hydrogen) atoms. The van der Waals surface area contributed by atoms with Gasteiger partial charge in [0.05, 0.1) is 30.4 Å². The number of fused-ring (bicyclic) bond motifs is 4. The van der Waals surface area contributed by atoms with Crippen molar-refractivity contribution in [3.63, 3.8) is 0 Å². The second-order valence-electron chi connectivity index (χ2n) is 13.2. The molecule has 2 aromatic carbocycles. The minimum Gasteiger partial charge on any atom is -0.508 e. The van der Waals surface area contributed by atoms with Crippen LogP contribution in [0.25, 0.3) is 32.9 Å². The second-order valence-corrected chi connectivity index (χ2v) is 13.2. The van der Waals surface area contributed by atoms with Gasteiger partial charge in [0, 0.05) is 37.4 Å². The van der Waals surface area contributed by atoms with Crippen molar-refractivity contribution in [1.82, 2.24) is 19.9 Å².